The van der Waals surface area contributed by atoms with Crippen molar-refractivity contribution in [1.82, 2.24) is 15.3 Å². The molecule has 0 saturated carbocycles. The van der Waals surface area contributed by atoms with Crippen molar-refractivity contribution in [2.75, 3.05) is 13.1 Å². The summed E-state index contributed by atoms with van der Waals surface area (Å²) < 4.78 is 5.69. The van der Waals surface area contributed by atoms with E-state index in [1.54, 1.807) is 12.1 Å². The van der Waals surface area contributed by atoms with E-state index in [9.17, 15) is 9.59 Å². The molecular weight excluding hydrogens is 320 g/mol. The van der Waals surface area contributed by atoms with Gasteiger partial charge < -0.3 is 20.8 Å². The normalized spacial score (nSPS) is 17.4. The Morgan fingerprint density at radius 1 is 1.24 bits per heavy atom. The van der Waals surface area contributed by atoms with Gasteiger partial charge in [-0.15, -0.1) is 0 Å². The zero-order valence-electron chi connectivity index (χ0n) is 14.8. The smallest absolute Gasteiger partial charge is 0.320 e. The molecule has 134 valence electrons. The quantitative estimate of drug-likeness (QED) is 0.733. The third kappa shape index (κ3) is 3.24. The van der Waals surface area contributed by atoms with Crippen LogP contribution in [0.25, 0.3) is 11.0 Å². The highest BCUT2D eigenvalue weighted by atomic mass is 16.6. The molecule has 7 heteroatoms. The fraction of sp³-hybridized carbons (Fsp3) is 0.500. The molecule has 1 aliphatic heterocycles. The molecular formula is C18H24N4O3. The van der Waals surface area contributed by atoms with E-state index >= 15 is 0 Å². The van der Waals surface area contributed by atoms with E-state index in [1.165, 1.54) is 0 Å². The van der Waals surface area contributed by atoms with Crippen LogP contribution in [0.15, 0.2) is 18.2 Å². The fourth-order valence-corrected chi connectivity index (χ4v) is 3.22. The topological polar surface area (TPSA) is 110 Å². The lowest BCUT2D eigenvalue weighted by Gasteiger charge is -2.36. The molecule has 1 aliphatic rings. The Morgan fingerprint density at radius 3 is 2.52 bits per heavy atom. The maximum absolute atomic E-state index is 13.0. The first kappa shape index (κ1) is 17.4. The Hall–Kier alpha value is -2.41. The molecule has 2 aromatic rings. The van der Waals surface area contributed by atoms with Crippen LogP contribution in [-0.2, 0) is 14.9 Å². The number of primary amides is 1. The van der Waals surface area contributed by atoms with Crippen molar-refractivity contribution >= 4 is 22.9 Å². The molecule has 7 nitrogen and oxygen atoms in total. The standard InChI is InChI=1S/C18H24N4O3/c1-17(2,3)25-16(24)18(7-9-20-10-8-18)15-21-12-6-4-5-11(14(19)23)13(12)22-15/h4-6,20H,7-10H2,1-3H3,(H2,19,23)(H,21,22). The van der Waals surface area contributed by atoms with Crippen molar-refractivity contribution in [2.24, 2.45) is 5.73 Å². The third-order valence-electron chi connectivity index (χ3n) is 4.48. The molecule has 25 heavy (non-hydrogen) atoms. The van der Waals surface area contributed by atoms with E-state index in [2.05, 4.69) is 15.3 Å². The monoisotopic (exact) mass is 344 g/mol. The number of amides is 1. The largest absolute Gasteiger partial charge is 0.459 e. The van der Waals surface area contributed by atoms with Gasteiger partial charge in [-0.1, -0.05) is 6.07 Å². The van der Waals surface area contributed by atoms with Gasteiger partial charge in [0.1, 0.15) is 22.4 Å². The Kier molecular flexibility index (Phi) is 4.28. The van der Waals surface area contributed by atoms with Gasteiger partial charge in [-0.3, -0.25) is 9.59 Å². The zero-order valence-corrected chi connectivity index (χ0v) is 14.8. The number of piperidine rings is 1. The summed E-state index contributed by atoms with van der Waals surface area (Å²) in [6.07, 6.45) is 1.15. The molecule has 0 radical (unpaired) electrons. The summed E-state index contributed by atoms with van der Waals surface area (Å²) in [5.74, 6) is -0.298. The number of benzene rings is 1. The summed E-state index contributed by atoms with van der Waals surface area (Å²) in [6, 6.07) is 5.20. The first-order valence-electron chi connectivity index (χ1n) is 8.46. The van der Waals surface area contributed by atoms with Gasteiger partial charge in [-0.05, 0) is 58.8 Å². The van der Waals surface area contributed by atoms with E-state index in [0.717, 1.165) is 0 Å². The van der Waals surface area contributed by atoms with Gasteiger partial charge in [0, 0.05) is 0 Å². The number of nitrogens with two attached hydrogens (primary N) is 1. The third-order valence-corrected chi connectivity index (χ3v) is 4.48. The molecule has 2 heterocycles. The number of aromatic nitrogens is 2. The van der Waals surface area contributed by atoms with Crippen molar-refractivity contribution in [3.05, 3.63) is 29.6 Å². The molecule has 0 spiro atoms. The van der Waals surface area contributed by atoms with Crippen LogP contribution >= 0.6 is 0 Å². The molecule has 3 rings (SSSR count). The SMILES string of the molecule is CC(C)(C)OC(=O)C1(c2nc3c(C(N)=O)cccc3[nH]2)CCNCC1. The first-order chi connectivity index (χ1) is 11.7. The molecule has 4 N–H and O–H groups in total. The summed E-state index contributed by atoms with van der Waals surface area (Å²) in [5.41, 5.74) is 5.53. The van der Waals surface area contributed by atoms with Crippen molar-refractivity contribution in [2.45, 2.75) is 44.6 Å². The van der Waals surface area contributed by atoms with Gasteiger partial charge in [-0.2, -0.15) is 0 Å². The molecule has 0 bridgehead atoms. The summed E-state index contributed by atoms with van der Waals surface area (Å²) in [7, 11) is 0. The predicted molar refractivity (Wildman–Crippen MR) is 94.2 cm³/mol. The molecule has 1 aromatic heterocycles. The predicted octanol–water partition coefficient (Wildman–Crippen LogP) is 1.62. The second kappa shape index (κ2) is 6.15. The van der Waals surface area contributed by atoms with E-state index in [0.29, 0.717) is 48.4 Å². The van der Waals surface area contributed by atoms with E-state index in [4.69, 9.17) is 10.5 Å². The van der Waals surface area contributed by atoms with Gasteiger partial charge in [0.2, 0.25) is 0 Å². The first-order valence-corrected chi connectivity index (χ1v) is 8.46. The van der Waals surface area contributed by atoms with Crippen LogP contribution in [0.4, 0.5) is 0 Å². The highest BCUT2D eigenvalue weighted by molar-refractivity contribution is 6.04. The van der Waals surface area contributed by atoms with Gasteiger partial charge in [0.05, 0.1) is 11.1 Å². The Morgan fingerprint density at radius 2 is 1.92 bits per heavy atom. The number of carbonyl (C=O) groups excluding carboxylic acids is 2. The fourth-order valence-electron chi connectivity index (χ4n) is 3.22. The van der Waals surface area contributed by atoms with Crippen LogP contribution in [0, 0.1) is 0 Å². The molecule has 1 fully saturated rings. The number of imidazole rings is 1. The van der Waals surface area contributed by atoms with Crippen LogP contribution < -0.4 is 11.1 Å². The van der Waals surface area contributed by atoms with Crippen LogP contribution in [0.2, 0.25) is 0 Å². The van der Waals surface area contributed by atoms with Gasteiger partial charge in [0.25, 0.3) is 5.91 Å². The second-order valence-corrected chi connectivity index (χ2v) is 7.49. The maximum atomic E-state index is 13.0. The second-order valence-electron chi connectivity index (χ2n) is 7.49. The number of aromatic amines is 1. The van der Waals surface area contributed by atoms with E-state index < -0.39 is 16.9 Å². The highest BCUT2D eigenvalue weighted by Crippen LogP contribution is 2.36. The number of H-pyrrole nitrogens is 1. The van der Waals surface area contributed by atoms with E-state index in [-0.39, 0.29) is 5.97 Å². The lowest BCUT2D eigenvalue weighted by molar-refractivity contribution is -0.163. The number of carbonyl (C=O) groups is 2. The number of hydrogen-bond donors (Lipinski definition) is 3. The molecule has 1 aromatic carbocycles. The summed E-state index contributed by atoms with van der Waals surface area (Å²) >= 11 is 0. The van der Waals surface area contributed by atoms with Crippen LogP contribution in [0.1, 0.15) is 49.8 Å². The number of nitrogens with one attached hydrogen (secondary N) is 2. The Balaban J connectivity index is 2.11. The number of ether oxygens (including phenoxy) is 1. The van der Waals surface area contributed by atoms with Crippen molar-refractivity contribution in [3.8, 4) is 0 Å². The number of para-hydroxylation sites is 1. The van der Waals surface area contributed by atoms with Crippen LogP contribution in [0.5, 0.6) is 0 Å². The highest BCUT2D eigenvalue weighted by Gasteiger charge is 2.46. The maximum Gasteiger partial charge on any atom is 0.320 e. The summed E-state index contributed by atoms with van der Waals surface area (Å²) in [4.78, 5) is 32.5. The number of rotatable bonds is 3. The number of fused-ring (bicyclic) bond motifs is 1. The number of hydrogen-bond acceptors (Lipinski definition) is 5. The van der Waals surface area contributed by atoms with Gasteiger partial charge in [0.15, 0.2) is 0 Å². The van der Waals surface area contributed by atoms with Crippen molar-refractivity contribution in [1.29, 1.82) is 0 Å². The minimum atomic E-state index is -0.855. The van der Waals surface area contributed by atoms with Gasteiger partial charge in [-0.25, -0.2) is 4.98 Å². The van der Waals surface area contributed by atoms with Crippen LogP contribution in [0.3, 0.4) is 0 Å². The van der Waals surface area contributed by atoms with Gasteiger partial charge >= 0.3 is 5.97 Å². The zero-order chi connectivity index (χ0) is 18.2. The summed E-state index contributed by atoms with van der Waals surface area (Å²) in [6.45, 7) is 6.94. The average molecular weight is 344 g/mol. The summed E-state index contributed by atoms with van der Waals surface area (Å²) in [5, 5.41) is 3.27. The van der Waals surface area contributed by atoms with Crippen molar-refractivity contribution < 1.29 is 14.3 Å². The lowest BCUT2D eigenvalue weighted by atomic mass is 9.78. The Labute approximate surface area is 146 Å². The number of nitrogens with zero attached hydrogens (tertiary/aromatic N) is 1. The minimum absolute atomic E-state index is 0.291. The molecule has 0 aliphatic carbocycles. The average Bonchev–Trinajstić information content (AvgIpc) is 2.98. The Bertz CT molecular complexity index is 813. The molecule has 1 saturated heterocycles. The minimum Gasteiger partial charge on any atom is -0.459 e. The molecule has 0 unspecified atom stereocenters. The van der Waals surface area contributed by atoms with Crippen LogP contribution in [-0.4, -0.2) is 40.5 Å². The van der Waals surface area contributed by atoms with E-state index in [1.807, 2.05) is 26.8 Å². The van der Waals surface area contributed by atoms with Crippen molar-refractivity contribution in [3.63, 3.8) is 0 Å². The number of esters is 1. The molecule has 1 amide bonds. The lowest BCUT2D eigenvalue weighted by Crippen LogP contribution is -2.49. The molecule has 0 atom stereocenters.